The molecule has 0 amide bonds. The van der Waals surface area contributed by atoms with E-state index in [-0.39, 0.29) is 12.2 Å². The molecule has 0 radical (unpaired) electrons. The van der Waals surface area contributed by atoms with Gasteiger partial charge >= 0.3 is 0 Å². The van der Waals surface area contributed by atoms with E-state index in [1.807, 2.05) is 30.3 Å². The van der Waals surface area contributed by atoms with Crippen molar-refractivity contribution in [2.45, 2.75) is 6.42 Å². The zero-order valence-electron chi connectivity index (χ0n) is 10.9. The quantitative estimate of drug-likeness (QED) is 0.571. The number of hydrogen-bond donors (Lipinski definition) is 1. The number of carbonyl (C=O) groups is 2. The minimum Gasteiger partial charge on any atom is -0.464 e. The summed E-state index contributed by atoms with van der Waals surface area (Å²) in [5.74, 6) is -0.711. The van der Waals surface area contributed by atoms with Gasteiger partial charge in [0.2, 0.25) is 5.78 Å². The minimum atomic E-state index is -0.687. The normalized spacial score (nSPS) is 10.5. The fraction of sp³-hybridized carbons (Fsp3) is 0.0667. The lowest BCUT2D eigenvalue weighted by molar-refractivity contribution is -0.114. The largest absolute Gasteiger partial charge is 0.464 e. The number of aromatic nitrogens is 3. The molecule has 0 aliphatic rings. The third-order valence-electron chi connectivity index (χ3n) is 3.02. The number of rotatable bonds is 5. The summed E-state index contributed by atoms with van der Waals surface area (Å²) in [5.41, 5.74) is 1.52. The van der Waals surface area contributed by atoms with Crippen molar-refractivity contribution in [3.63, 3.8) is 0 Å². The number of nitrogens with one attached hydrogen (secondary N) is 1. The standard InChI is InChI=1S/C15H11N3O3/c19-12(13(20)15-16-9-17-18-15)8-11-6-7-21-14(11)10-4-2-1-3-5-10/h1-7,9H,8H2,(H,16,17,18). The van der Waals surface area contributed by atoms with Crippen molar-refractivity contribution in [2.24, 2.45) is 0 Å². The summed E-state index contributed by atoms with van der Waals surface area (Å²) in [6.45, 7) is 0. The van der Waals surface area contributed by atoms with Gasteiger partial charge < -0.3 is 4.42 Å². The van der Waals surface area contributed by atoms with E-state index < -0.39 is 11.6 Å². The van der Waals surface area contributed by atoms with E-state index in [1.54, 1.807) is 6.07 Å². The third-order valence-corrected chi connectivity index (χ3v) is 3.02. The van der Waals surface area contributed by atoms with Crippen LogP contribution in [-0.2, 0) is 11.2 Å². The number of furan rings is 1. The molecule has 0 saturated heterocycles. The average molecular weight is 281 g/mol. The van der Waals surface area contributed by atoms with Crippen LogP contribution in [0.3, 0.4) is 0 Å². The fourth-order valence-electron chi connectivity index (χ4n) is 2.02. The van der Waals surface area contributed by atoms with Crippen LogP contribution in [0.4, 0.5) is 0 Å². The summed E-state index contributed by atoms with van der Waals surface area (Å²) in [7, 11) is 0. The summed E-state index contributed by atoms with van der Waals surface area (Å²) in [6, 6.07) is 11.1. The van der Waals surface area contributed by atoms with E-state index in [4.69, 9.17) is 4.42 Å². The van der Waals surface area contributed by atoms with Crippen LogP contribution in [0.5, 0.6) is 0 Å². The number of ketones is 2. The average Bonchev–Trinajstić information content (AvgIpc) is 3.19. The van der Waals surface area contributed by atoms with Crippen LogP contribution in [0.2, 0.25) is 0 Å². The molecular weight excluding hydrogens is 270 g/mol. The summed E-state index contributed by atoms with van der Waals surface area (Å²) in [6.07, 6.45) is 2.65. The van der Waals surface area contributed by atoms with Gasteiger partial charge in [-0.05, 0) is 6.07 Å². The highest BCUT2D eigenvalue weighted by molar-refractivity contribution is 6.43. The Morgan fingerprint density at radius 2 is 1.95 bits per heavy atom. The van der Waals surface area contributed by atoms with Crippen LogP contribution in [0, 0.1) is 0 Å². The van der Waals surface area contributed by atoms with Gasteiger partial charge in [-0.3, -0.25) is 14.7 Å². The monoisotopic (exact) mass is 281 g/mol. The molecule has 0 saturated carbocycles. The number of H-pyrrole nitrogens is 1. The maximum Gasteiger partial charge on any atom is 0.265 e. The van der Waals surface area contributed by atoms with Gasteiger partial charge in [-0.15, -0.1) is 0 Å². The first-order chi connectivity index (χ1) is 10.3. The van der Waals surface area contributed by atoms with Crippen molar-refractivity contribution < 1.29 is 14.0 Å². The van der Waals surface area contributed by atoms with Crippen LogP contribution < -0.4 is 0 Å². The Kier molecular flexibility index (Phi) is 3.42. The first kappa shape index (κ1) is 13.0. The summed E-state index contributed by atoms with van der Waals surface area (Å²) < 4.78 is 5.42. The highest BCUT2D eigenvalue weighted by atomic mass is 16.3. The highest BCUT2D eigenvalue weighted by Crippen LogP contribution is 2.25. The Hall–Kier alpha value is -3.02. The first-order valence-corrected chi connectivity index (χ1v) is 6.30. The Morgan fingerprint density at radius 1 is 1.14 bits per heavy atom. The molecule has 104 valence electrons. The van der Waals surface area contributed by atoms with Gasteiger partial charge in [0.25, 0.3) is 5.78 Å². The van der Waals surface area contributed by atoms with E-state index >= 15 is 0 Å². The fourth-order valence-corrected chi connectivity index (χ4v) is 2.02. The van der Waals surface area contributed by atoms with Crippen molar-refractivity contribution in [1.29, 1.82) is 0 Å². The second-order valence-corrected chi connectivity index (χ2v) is 4.40. The molecule has 1 aromatic carbocycles. The predicted octanol–water partition coefficient (Wildman–Crippen LogP) is 2.06. The van der Waals surface area contributed by atoms with Gasteiger partial charge in [0, 0.05) is 17.5 Å². The van der Waals surface area contributed by atoms with Crippen LogP contribution in [-0.4, -0.2) is 26.7 Å². The number of Topliss-reactive ketones (excluding diaryl/α,β-unsaturated/α-hetero) is 2. The minimum absolute atomic E-state index is 0.0414. The Labute approximate surface area is 119 Å². The lowest BCUT2D eigenvalue weighted by Gasteiger charge is -2.01. The number of carbonyl (C=O) groups excluding carboxylic acids is 2. The number of nitrogens with zero attached hydrogens (tertiary/aromatic N) is 2. The van der Waals surface area contributed by atoms with Crippen molar-refractivity contribution in [2.75, 3.05) is 0 Å². The first-order valence-electron chi connectivity index (χ1n) is 6.30. The maximum atomic E-state index is 12.0. The maximum absolute atomic E-state index is 12.0. The van der Waals surface area contributed by atoms with Gasteiger partial charge in [-0.1, -0.05) is 30.3 Å². The second kappa shape index (κ2) is 5.54. The topological polar surface area (TPSA) is 88.8 Å². The molecule has 6 heteroatoms. The summed E-state index contributed by atoms with van der Waals surface area (Å²) in [4.78, 5) is 27.6. The van der Waals surface area contributed by atoms with Crippen LogP contribution in [0.15, 0.2) is 53.4 Å². The molecule has 0 unspecified atom stereocenters. The van der Waals surface area contributed by atoms with E-state index in [0.29, 0.717) is 11.3 Å². The number of benzene rings is 1. The van der Waals surface area contributed by atoms with Gasteiger partial charge in [0.1, 0.15) is 12.1 Å². The molecule has 2 heterocycles. The van der Waals surface area contributed by atoms with Gasteiger partial charge in [0.05, 0.1) is 6.26 Å². The third kappa shape index (κ3) is 2.64. The number of hydrogen-bond acceptors (Lipinski definition) is 5. The molecule has 0 spiro atoms. The van der Waals surface area contributed by atoms with E-state index in [9.17, 15) is 9.59 Å². The van der Waals surface area contributed by atoms with E-state index in [1.165, 1.54) is 12.6 Å². The molecule has 6 nitrogen and oxygen atoms in total. The lowest BCUT2D eigenvalue weighted by Crippen LogP contribution is -2.18. The Balaban J connectivity index is 1.82. The van der Waals surface area contributed by atoms with Crippen LogP contribution >= 0.6 is 0 Å². The summed E-state index contributed by atoms with van der Waals surface area (Å²) >= 11 is 0. The molecule has 0 fully saturated rings. The van der Waals surface area contributed by atoms with E-state index in [0.717, 1.165) is 5.56 Å². The molecule has 3 aromatic rings. The molecule has 21 heavy (non-hydrogen) atoms. The van der Waals surface area contributed by atoms with Crippen molar-refractivity contribution >= 4 is 11.6 Å². The molecule has 0 bridgehead atoms. The van der Waals surface area contributed by atoms with Gasteiger partial charge in [-0.25, -0.2) is 4.98 Å². The van der Waals surface area contributed by atoms with Crippen molar-refractivity contribution in [3.05, 3.63) is 60.4 Å². The van der Waals surface area contributed by atoms with Crippen LogP contribution in [0.1, 0.15) is 16.2 Å². The Morgan fingerprint density at radius 3 is 2.67 bits per heavy atom. The SMILES string of the molecule is O=C(Cc1ccoc1-c1ccccc1)C(=O)c1ncn[nH]1. The molecular formula is C15H11N3O3. The molecule has 1 N–H and O–H groups in total. The smallest absolute Gasteiger partial charge is 0.265 e. The molecule has 0 aliphatic carbocycles. The summed E-state index contributed by atoms with van der Waals surface area (Å²) in [5, 5.41) is 5.95. The molecule has 2 aromatic heterocycles. The second-order valence-electron chi connectivity index (χ2n) is 4.40. The number of aromatic amines is 1. The van der Waals surface area contributed by atoms with Crippen LogP contribution in [0.25, 0.3) is 11.3 Å². The van der Waals surface area contributed by atoms with Crippen molar-refractivity contribution in [3.8, 4) is 11.3 Å². The van der Waals surface area contributed by atoms with Crippen molar-refractivity contribution in [1.82, 2.24) is 15.2 Å². The zero-order valence-corrected chi connectivity index (χ0v) is 10.9. The lowest BCUT2D eigenvalue weighted by atomic mass is 10.0. The Bertz CT molecular complexity index is 761. The van der Waals surface area contributed by atoms with E-state index in [2.05, 4.69) is 15.2 Å². The predicted molar refractivity (Wildman–Crippen MR) is 73.6 cm³/mol. The molecule has 3 rings (SSSR count). The highest BCUT2D eigenvalue weighted by Gasteiger charge is 2.21. The molecule has 0 aliphatic heterocycles. The zero-order chi connectivity index (χ0) is 14.7. The molecule has 0 atom stereocenters. The van der Waals surface area contributed by atoms with Gasteiger partial charge in [-0.2, -0.15) is 5.10 Å². The van der Waals surface area contributed by atoms with Gasteiger partial charge in [0.15, 0.2) is 5.82 Å².